The number of aromatic nitrogens is 3. The van der Waals surface area contributed by atoms with E-state index in [0.29, 0.717) is 28.3 Å². The van der Waals surface area contributed by atoms with Crippen LogP contribution in [0.25, 0.3) is 11.3 Å². The van der Waals surface area contributed by atoms with Gasteiger partial charge in [-0.25, -0.2) is 13.9 Å². The molecule has 23 heavy (non-hydrogen) atoms. The van der Waals surface area contributed by atoms with E-state index in [0.717, 1.165) is 17.7 Å². The summed E-state index contributed by atoms with van der Waals surface area (Å²) in [5.41, 5.74) is 2.64. The van der Waals surface area contributed by atoms with E-state index in [9.17, 15) is 8.78 Å². The Labute approximate surface area is 135 Å². The summed E-state index contributed by atoms with van der Waals surface area (Å²) in [5.74, 6) is -1.78. The van der Waals surface area contributed by atoms with Crippen LogP contribution in [-0.4, -0.2) is 15.4 Å². The lowest BCUT2D eigenvalue weighted by Gasteiger charge is -2.06. The topological polar surface area (TPSA) is 65.4 Å². The molecule has 3 rings (SSSR count). The number of hydrogen-bond donors (Lipinski definition) is 1. The smallest absolute Gasteiger partial charge is 0.163 e. The fraction of sp³-hybridized carbons (Fsp3) is 0.0625. The van der Waals surface area contributed by atoms with E-state index in [1.807, 2.05) is 6.07 Å². The molecule has 0 bridgehead atoms. The van der Waals surface area contributed by atoms with Crippen LogP contribution in [-0.2, 0) is 6.42 Å². The molecule has 0 aliphatic rings. The predicted molar refractivity (Wildman–Crippen MR) is 80.7 cm³/mol. The number of rotatable bonds is 3. The Balaban J connectivity index is 1.98. The number of H-pyrrole nitrogens is 1. The van der Waals surface area contributed by atoms with Crippen LogP contribution in [0.15, 0.2) is 36.4 Å². The van der Waals surface area contributed by atoms with Crippen molar-refractivity contribution in [1.82, 2.24) is 15.4 Å². The Kier molecular flexibility index (Phi) is 4.04. The first-order valence-corrected chi connectivity index (χ1v) is 6.99. The van der Waals surface area contributed by atoms with E-state index in [1.54, 1.807) is 18.2 Å². The van der Waals surface area contributed by atoms with Crippen LogP contribution in [0.2, 0.25) is 5.02 Å². The number of aromatic amines is 1. The van der Waals surface area contributed by atoms with E-state index in [1.165, 1.54) is 6.07 Å². The molecule has 1 aromatic heterocycles. The highest BCUT2D eigenvalue weighted by molar-refractivity contribution is 6.31. The van der Waals surface area contributed by atoms with Crippen molar-refractivity contribution in [2.24, 2.45) is 0 Å². The molecule has 4 nitrogen and oxygen atoms in total. The van der Waals surface area contributed by atoms with Crippen molar-refractivity contribution in [3.8, 4) is 17.3 Å². The Morgan fingerprint density at radius 1 is 1.09 bits per heavy atom. The molecule has 114 valence electrons. The zero-order valence-corrected chi connectivity index (χ0v) is 12.4. The summed E-state index contributed by atoms with van der Waals surface area (Å²) < 4.78 is 26.3. The van der Waals surface area contributed by atoms with Crippen LogP contribution >= 0.6 is 11.6 Å². The highest BCUT2D eigenvalue weighted by Gasteiger charge is 2.12. The monoisotopic (exact) mass is 330 g/mol. The van der Waals surface area contributed by atoms with E-state index < -0.39 is 11.6 Å². The Bertz CT molecular complexity index is 915. The molecule has 0 saturated carbocycles. The van der Waals surface area contributed by atoms with E-state index >= 15 is 0 Å². The first-order valence-electron chi connectivity index (χ1n) is 6.61. The third kappa shape index (κ3) is 3.20. The van der Waals surface area contributed by atoms with Gasteiger partial charge >= 0.3 is 0 Å². The maximum Gasteiger partial charge on any atom is 0.163 e. The van der Waals surface area contributed by atoms with Gasteiger partial charge in [0.2, 0.25) is 0 Å². The van der Waals surface area contributed by atoms with Gasteiger partial charge in [-0.2, -0.15) is 5.26 Å². The molecule has 0 amide bonds. The largest absolute Gasteiger partial charge is 0.247 e. The standard InChI is InChI=1S/C16H9ClF2N4/c17-12-5-10(3-9-1-2-13(18)14(19)6-9)4-11(7-12)16-15(8-20)21-23-22-16/h1-2,4-7H,3H2,(H,21,22,23). The molecule has 0 radical (unpaired) electrons. The van der Waals surface area contributed by atoms with E-state index in [4.69, 9.17) is 16.9 Å². The highest BCUT2D eigenvalue weighted by atomic mass is 35.5. The minimum Gasteiger partial charge on any atom is -0.247 e. The van der Waals surface area contributed by atoms with Gasteiger partial charge in [0.1, 0.15) is 11.8 Å². The molecule has 0 spiro atoms. The Hall–Kier alpha value is -2.78. The van der Waals surface area contributed by atoms with Crippen LogP contribution in [0, 0.1) is 23.0 Å². The van der Waals surface area contributed by atoms with Crippen molar-refractivity contribution in [1.29, 1.82) is 5.26 Å². The number of hydrogen-bond acceptors (Lipinski definition) is 3. The molecule has 1 heterocycles. The van der Waals surface area contributed by atoms with Crippen LogP contribution in [0.1, 0.15) is 16.8 Å². The second-order valence-electron chi connectivity index (χ2n) is 4.92. The van der Waals surface area contributed by atoms with E-state index in [2.05, 4.69) is 15.4 Å². The van der Waals surface area contributed by atoms with Crippen molar-refractivity contribution in [2.75, 3.05) is 0 Å². The van der Waals surface area contributed by atoms with Gasteiger partial charge in [-0.05, 0) is 47.9 Å². The summed E-state index contributed by atoms with van der Waals surface area (Å²) in [7, 11) is 0. The van der Waals surface area contributed by atoms with Crippen LogP contribution in [0.5, 0.6) is 0 Å². The number of nitrogens with one attached hydrogen (secondary N) is 1. The number of nitriles is 1. The molecule has 0 atom stereocenters. The molecule has 0 saturated heterocycles. The fourth-order valence-corrected chi connectivity index (χ4v) is 2.54. The SMILES string of the molecule is N#Cc1[nH]nnc1-c1cc(Cl)cc(Cc2ccc(F)c(F)c2)c1. The molecule has 1 N–H and O–H groups in total. The second kappa shape index (κ2) is 6.15. The predicted octanol–water partition coefficient (Wildman–Crippen LogP) is 3.87. The molecule has 2 aromatic carbocycles. The summed E-state index contributed by atoms with van der Waals surface area (Å²) >= 11 is 6.11. The summed E-state index contributed by atoms with van der Waals surface area (Å²) in [6.45, 7) is 0. The molecule has 0 aliphatic carbocycles. The van der Waals surface area contributed by atoms with Gasteiger partial charge in [0.25, 0.3) is 0 Å². The normalized spacial score (nSPS) is 10.5. The molecule has 7 heteroatoms. The molecule has 0 unspecified atom stereocenters. The van der Waals surface area contributed by atoms with Gasteiger partial charge in [0.05, 0.1) is 0 Å². The minimum atomic E-state index is -0.895. The number of halogens is 3. The first-order chi connectivity index (χ1) is 11.1. The van der Waals surface area contributed by atoms with Crippen LogP contribution in [0.3, 0.4) is 0 Å². The Morgan fingerprint density at radius 2 is 1.91 bits per heavy atom. The van der Waals surface area contributed by atoms with Crippen molar-refractivity contribution in [3.63, 3.8) is 0 Å². The molecular formula is C16H9ClF2N4. The lowest BCUT2D eigenvalue weighted by atomic mass is 10.0. The zero-order chi connectivity index (χ0) is 16.4. The van der Waals surface area contributed by atoms with Gasteiger partial charge < -0.3 is 0 Å². The second-order valence-corrected chi connectivity index (χ2v) is 5.36. The fourth-order valence-electron chi connectivity index (χ4n) is 2.28. The lowest BCUT2D eigenvalue weighted by Crippen LogP contribution is -1.93. The van der Waals surface area contributed by atoms with Crippen molar-refractivity contribution in [2.45, 2.75) is 6.42 Å². The maximum absolute atomic E-state index is 13.3. The average molecular weight is 331 g/mol. The van der Waals surface area contributed by atoms with Crippen molar-refractivity contribution >= 4 is 11.6 Å². The summed E-state index contributed by atoms with van der Waals surface area (Å²) in [6.07, 6.45) is 0.366. The minimum absolute atomic E-state index is 0.228. The molecule has 3 aromatic rings. The van der Waals surface area contributed by atoms with E-state index in [-0.39, 0.29) is 5.69 Å². The third-order valence-electron chi connectivity index (χ3n) is 3.28. The van der Waals surface area contributed by atoms with Gasteiger partial charge in [-0.15, -0.1) is 5.10 Å². The maximum atomic E-state index is 13.3. The van der Waals surface area contributed by atoms with Crippen molar-refractivity contribution < 1.29 is 8.78 Å². The quantitative estimate of drug-likeness (QED) is 0.793. The first kappa shape index (κ1) is 15.1. The summed E-state index contributed by atoms with van der Waals surface area (Å²) in [4.78, 5) is 0. The summed E-state index contributed by atoms with van der Waals surface area (Å²) in [5, 5.41) is 19.5. The molecule has 0 aliphatic heterocycles. The third-order valence-corrected chi connectivity index (χ3v) is 3.50. The Morgan fingerprint density at radius 3 is 2.65 bits per heavy atom. The van der Waals surface area contributed by atoms with Gasteiger partial charge in [0.15, 0.2) is 17.3 Å². The zero-order valence-electron chi connectivity index (χ0n) is 11.6. The van der Waals surface area contributed by atoms with Crippen molar-refractivity contribution in [3.05, 3.63) is 69.9 Å². The average Bonchev–Trinajstić information content (AvgIpc) is 2.99. The lowest BCUT2D eigenvalue weighted by molar-refractivity contribution is 0.507. The summed E-state index contributed by atoms with van der Waals surface area (Å²) in [6, 6.07) is 10.9. The molecular weight excluding hydrogens is 322 g/mol. The van der Waals surface area contributed by atoms with Crippen LogP contribution in [0.4, 0.5) is 8.78 Å². The number of nitrogens with zero attached hydrogens (tertiary/aromatic N) is 3. The van der Waals surface area contributed by atoms with Gasteiger partial charge in [0, 0.05) is 10.6 Å². The number of benzene rings is 2. The van der Waals surface area contributed by atoms with Crippen LogP contribution < -0.4 is 0 Å². The molecule has 0 fully saturated rings. The van der Waals surface area contributed by atoms with Gasteiger partial charge in [-0.1, -0.05) is 22.9 Å². The van der Waals surface area contributed by atoms with Gasteiger partial charge in [-0.3, -0.25) is 0 Å². The highest BCUT2D eigenvalue weighted by Crippen LogP contribution is 2.26.